The van der Waals surface area contributed by atoms with Crippen molar-refractivity contribution < 1.29 is 0 Å². The molecule has 0 bridgehead atoms. The van der Waals surface area contributed by atoms with Crippen molar-refractivity contribution in [2.45, 2.75) is 59.3 Å². The van der Waals surface area contributed by atoms with Crippen LogP contribution >= 0.6 is 0 Å². The molecule has 0 spiro atoms. The Kier molecular flexibility index (Phi) is 5.45. The van der Waals surface area contributed by atoms with Gasteiger partial charge in [-0.05, 0) is 48.9 Å². The second-order valence-electron chi connectivity index (χ2n) is 4.28. The van der Waals surface area contributed by atoms with E-state index in [4.69, 9.17) is 0 Å². The van der Waals surface area contributed by atoms with Crippen molar-refractivity contribution in [3.8, 4) is 0 Å². The summed E-state index contributed by atoms with van der Waals surface area (Å²) >= 11 is 0. The van der Waals surface area contributed by atoms with Gasteiger partial charge in [0.1, 0.15) is 0 Å². The second-order valence-corrected chi connectivity index (χ2v) is 4.28. The van der Waals surface area contributed by atoms with Crippen LogP contribution in [0, 0.1) is 13.0 Å². The third-order valence-electron chi connectivity index (χ3n) is 3.07. The van der Waals surface area contributed by atoms with Crippen LogP contribution in [0.3, 0.4) is 0 Å². The summed E-state index contributed by atoms with van der Waals surface area (Å²) in [4.78, 5) is 0. The van der Waals surface area contributed by atoms with Crippen LogP contribution in [-0.4, -0.2) is 0 Å². The molecule has 0 fully saturated rings. The lowest BCUT2D eigenvalue weighted by Gasteiger charge is -2.10. The summed E-state index contributed by atoms with van der Waals surface area (Å²) in [6, 6.07) is 7.65. The molecular formula is C15H23. The van der Waals surface area contributed by atoms with Crippen LogP contribution in [0.15, 0.2) is 12.1 Å². The van der Waals surface area contributed by atoms with Gasteiger partial charge in [0.25, 0.3) is 0 Å². The van der Waals surface area contributed by atoms with E-state index in [0.717, 1.165) is 6.42 Å². The molecule has 0 saturated heterocycles. The van der Waals surface area contributed by atoms with Crippen molar-refractivity contribution in [1.82, 2.24) is 0 Å². The van der Waals surface area contributed by atoms with E-state index in [-0.39, 0.29) is 0 Å². The van der Waals surface area contributed by atoms with Gasteiger partial charge in [-0.2, -0.15) is 0 Å². The summed E-state index contributed by atoms with van der Waals surface area (Å²) in [5, 5.41) is 0. The number of benzene rings is 1. The first-order valence-corrected chi connectivity index (χ1v) is 6.28. The third kappa shape index (κ3) is 3.70. The van der Waals surface area contributed by atoms with Gasteiger partial charge < -0.3 is 0 Å². The SMILES string of the molecule is CCCCCCc1[c]ccc(C)c1CC. The monoisotopic (exact) mass is 203 g/mol. The van der Waals surface area contributed by atoms with Gasteiger partial charge in [-0.15, -0.1) is 0 Å². The zero-order valence-corrected chi connectivity index (χ0v) is 10.4. The highest BCUT2D eigenvalue weighted by Gasteiger charge is 2.03. The van der Waals surface area contributed by atoms with Crippen molar-refractivity contribution in [2.75, 3.05) is 0 Å². The number of hydrogen-bond acceptors (Lipinski definition) is 0. The standard InChI is InChI=1S/C15H23/c1-4-6-7-8-11-14-12-9-10-13(3)15(14)5-2/h9-10H,4-8,11H2,1-3H3. The summed E-state index contributed by atoms with van der Waals surface area (Å²) in [5.74, 6) is 0. The molecule has 1 aromatic carbocycles. The highest BCUT2D eigenvalue weighted by atomic mass is 14.1. The predicted octanol–water partition coefficient (Wildman–Crippen LogP) is 4.48. The molecule has 0 unspecified atom stereocenters. The van der Waals surface area contributed by atoms with Crippen molar-refractivity contribution in [3.05, 3.63) is 34.9 Å². The van der Waals surface area contributed by atoms with Gasteiger partial charge in [0.05, 0.1) is 0 Å². The molecule has 0 heterocycles. The summed E-state index contributed by atoms with van der Waals surface area (Å²) in [6.45, 7) is 6.71. The Morgan fingerprint density at radius 3 is 2.60 bits per heavy atom. The molecule has 0 nitrogen and oxygen atoms in total. The smallest absolute Gasteiger partial charge is 0.0146 e. The number of rotatable bonds is 6. The van der Waals surface area contributed by atoms with Crippen molar-refractivity contribution >= 4 is 0 Å². The Hall–Kier alpha value is -0.780. The van der Waals surface area contributed by atoms with Crippen LogP contribution in [0.25, 0.3) is 0 Å². The minimum atomic E-state index is 1.15. The van der Waals surface area contributed by atoms with Crippen LogP contribution in [0.5, 0.6) is 0 Å². The summed E-state index contributed by atoms with van der Waals surface area (Å²) in [7, 11) is 0. The van der Waals surface area contributed by atoms with E-state index in [1.54, 1.807) is 0 Å². The van der Waals surface area contributed by atoms with E-state index < -0.39 is 0 Å². The van der Waals surface area contributed by atoms with Crippen molar-refractivity contribution in [1.29, 1.82) is 0 Å². The molecule has 0 amide bonds. The van der Waals surface area contributed by atoms with Crippen molar-refractivity contribution in [2.24, 2.45) is 0 Å². The molecule has 1 aromatic rings. The average molecular weight is 203 g/mol. The maximum absolute atomic E-state index is 3.41. The van der Waals surface area contributed by atoms with E-state index in [0.29, 0.717) is 0 Å². The van der Waals surface area contributed by atoms with Crippen LogP contribution in [0.4, 0.5) is 0 Å². The first-order valence-electron chi connectivity index (χ1n) is 6.28. The molecule has 15 heavy (non-hydrogen) atoms. The van der Waals surface area contributed by atoms with Crippen LogP contribution in [0.1, 0.15) is 56.2 Å². The Bertz CT molecular complexity index is 286. The fourth-order valence-corrected chi connectivity index (χ4v) is 2.14. The number of hydrogen-bond donors (Lipinski definition) is 0. The molecule has 1 rings (SSSR count). The van der Waals surface area contributed by atoms with Gasteiger partial charge in [-0.25, -0.2) is 0 Å². The Labute approximate surface area is 94.7 Å². The third-order valence-corrected chi connectivity index (χ3v) is 3.07. The van der Waals surface area contributed by atoms with E-state index in [2.05, 4.69) is 39.0 Å². The molecule has 1 radical (unpaired) electrons. The molecule has 0 aliphatic carbocycles. The molecule has 0 aliphatic rings. The van der Waals surface area contributed by atoms with E-state index in [9.17, 15) is 0 Å². The highest BCUT2D eigenvalue weighted by molar-refractivity contribution is 5.33. The van der Waals surface area contributed by atoms with Gasteiger partial charge in [0.2, 0.25) is 0 Å². The number of aryl methyl sites for hydroxylation is 2. The lowest BCUT2D eigenvalue weighted by Crippen LogP contribution is -1.96. The van der Waals surface area contributed by atoms with Gasteiger partial charge in [-0.3, -0.25) is 0 Å². The van der Waals surface area contributed by atoms with Crippen LogP contribution < -0.4 is 0 Å². The first-order chi connectivity index (χ1) is 7.29. The first kappa shape index (κ1) is 12.3. The van der Waals surface area contributed by atoms with Gasteiger partial charge in [-0.1, -0.05) is 45.2 Å². The molecular weight excluding hydrogens is 180 g/mol. The fraction of sp³-hybridized carbons (Fsp3) is 0.600. The topological polar surface area (TPSA) is 0 Å². The van der Waals surface area contributed by atoms with E-state index >= 15 is 0 Å². The fourth-order valence-electron chi connectivity index (χ4n) is 2.14. The predicted molar refractivity (Wildman–Crippen MR) is 67.2 cm³/mol. The lowest BCUT2D eigenvalue weighted by molar-refractivity contribution is 0.664. The summed E-state index contributed by atoms with van der Waals surface area (Å²) in [6.07, 6.45) is 7.73. The maximum atomic E-state index is 3.41. The minimum absolute atomic E-state index is 1.15. The van der Waals surface area contributed by atoms with Gasteiger partial charge in [0, 0.05) is 0 Å². The normalized spacial score (nSPS) is 10.6. The minimum Gasteiger partial charge on any atom is -0.0654 e. The Morgan fingerprint density at radius 2 is 1.93 bits per heavy atom. The van der Waals surface area contributed by atoms with E-state index in [1.165, 1.54) is 48.8 Å². The molecule has 0 aliphatic heterocycles. The summed E-state index contributed by atoms with van der Waals surface area (Å²) < 4.78 is 0. The van der Waals surface area contributed by atoms with Crippen molar-refractivity contribution in [3.63, 3.8) is 0 Å². The summed E-state index contributed by atoms with van der Waals surface area (Å²) in [5.41, 5.74) is 4.41. The second kappa shape index (κ2) is 6.66. The molecule has 0 heteroatoms. The van der Waals surface area contributed by atoms with Gasteiger partial charge in [0.15, 0.2) is 0 Å². The molecule has 0 aromatic heterocycles. The highest BCUT2D eigenvalue weighted by Crippen LogP contribution is 2.17. The quantitative estimate of drug-likeness (QED) is 0.598. The van der Waals surface area contributed by atoms with Gasteiger partial charge >= 0.3 is 0 Å². The molecule has 0 atom stereocenters. The molecule has 83 valence electrons. The van der Waals surface area contributed by atoms with E-state index in [1.807, 2.05) is 0 Å². The Morgan fingerprint density at radius 1 is 1.13 bits per heavy atom. The maximum Gasteiger partial charge on any atom is -0.0146 e. The Balaban J connectivity index is 2.56. The number of unbranched alkanes of at least 4 members (excludes halogenated alkanes) is 3. The van der Waals surface area contributed by atoms with Crippen LogP contribution in [-0.2, 0) is 12.8 Å². The average Bonchev–Trinajstić information content (AvgIpc) is 2.24. The zero-order chi connectivity index (χ0) is 11.1. The molecule has 0 N–H and O–H groups in total. The van der Waals surface area contributed by atoms with Crippen LogP contribution in [0.2, 0.25) is 0 Å². The molecule has 0 saturated carbocycles. The lowest BCUT2D eigenvalue weighted by atomic mass is 9.95. The largest absolute Gasteiger partial charge is 0.0654 e. The zero-order valence-electron chi connectivity index (χ0n) is 10.4.